The predicted molar refractivity (Wildman–Crippen MR) is 393 cm³/mol. The third kappa shape index (κ3) is 18.6. The summed E-state index contributed by atoms with van der Waals surface area (Å²) in [7, 11) is -4.55. The Bertz CT molecular complexity index is 5010. The van der Waals surface area contributed by atoms with Crippen LogP contribution in [0.4, 0.5) is 18.9 Å². The first-order chi connectivity index (χ1) is 49.8. The summed E-state index contributed by atoms with van der Waals surface area (Å²) in [5, 5.41) is 25.1. The van der Waals surface area contributed by atoms with Crippen molar-refractivity contribution in [2.45, 2.75) is 106 Å². The molecule has 0 saturated heterocycles. The van der Waals surface area contributed by atoms with Crippen molar-refractivity contribution in [3.63, 3.8) is 0 Å². The van der Waals surface area contributed by atoms with Crippen LogP contribution in [0.25, 0.3) is 22.4 Å². The van der Waals surface area contributed by atoms with Gasteiger partial charge in [0.15, 0.2) is 21.3 Å². The number of carbonyl (C=O) groups is 1. The predicted octanol–water partition coefficient (Wildman–Crippen LogP) is 16.0. The largest absolute Gasteiger partial charge is 0.501 e. The molecule has 1 aliphatic rings. The summed E-state index contributed by atoms with van der Waals surface area (Å²) >= 11 is 6.18. The number of nitro benzene ring substituents is 1. The van der Waals surface area contributed by atoms with Crippen molar-refractivity contribution < 1.29 is 72.5 Å². The van der Waals surface area contributed by atoms with Crippen molar-refractivity contribution in [2.75, 3.05) is 40.2 Å². The number of esters is 1. The lowest BCUT2D eigenvalue weighted by atomic mass is 9.70. The molecule has 10 rings (SSSR count). The molecule has 0 bridgehead atoms. The first-order valence-corrected chi connectivity index (χ1v) is 38.9. The maximum Gasteiger partial charge on any atom is 0.501 e. The van der Waals surface area contributed by atoms with Crippen LogP contribution in [-0.4, -0.2) is 99.5 Å². The number of nitrogens with zero attached hydrogens (tertiary/aromatic N) is 6. The second-order valence-electron chi connectivity index (χ2n) is 24.2. The van der Waals surface area contributed by atoms with Gasteiger partial charge in [0.1, 0.15) is 35.3 Å². The van der Waals surface area contributed by atoms with E-state index in [1.54, 1.807) is 116 Å². The molecule has 1 atom stereocenters. The number of rotatable bonds is 31. The van der Waals surface area contributed by atoms with Gasteiger partial charge in [-0.25, -0.2) is 21.6 Å². The highest BCUT2D eigenvalue weighted by Gasteiger charge is 2.47. The fourth-order valence-corrected chi connectivity index (χ4v) is 15.5. The summed E-state index contributed by atoms with van der Waals surface area (Å²) in [5.74, 6) is 14.3. The Hall–Kier alpha value is -10.5. The van der Waals surface area contributed by atoms with Crippen LogP contribution < -0.4 is 28.0 Å². The molecule has 104 heavy (non-hydrogen) atoms. The third-order valence-corrected chi connectivity index (χ3v) is 23.2. The quantitative estimate of drug-likeness (QED) is 0.00746. The number of hydrogen-bond donors (Lipinski definition) is 0. The number of methoxy groups -OCH3 is 2. The standard InChI is InChI=1S/C77H74F3N6O14PS3/c1-7-9-41-76(42-10-8-2)70-47-57(23-39-68(70)69-40-24-58(48-71(69)76)16-14-56-21-37-67(38-22-56)104(92,93)77(78,79)80)15-13-55-19-35-66(36-20-55)103(90,91)46-12-45-96-63-31-33-65(34-32-63)100-101(102,84(4)81-51-59-17-27-62(94-5)28-18-59)99-64-29-25-60(26-30-64)72-52-85(83-82-72)43-11-44-97-75-50-73(86(88)89)61(49-74(75)95-6)53-98-54(3)87/h17-40,47-52H,7-12,41-46,53H2,1-6H3/b81-51+. The van der Waals surface area contributed by atoms with Crippen molar-refractivity contribution in [3.05, 3.63) is 231 Å². The van der Waals surface area contributed by atoms with Crippen molar-refractivity contribution in [1.29, 1.82) is 0 Å². The van der Waals surface area contributed by atoms with Crippen LogP contribution >= 0.6 is 6.64 Å². The Morgan fingerprint density at radius 2 is 1.20 bits per heavy atom. The van der Waals surface area contributed by atoms with Gasteiger partial charge in [-0.05, 0) is 199 Å². The van der Waals surface area contributed by atoms with Gasteiger partial charge >= 0.3 is 18.1 Å². The number of hydrogen-bond acceptors (Lipinski definition) is 18. The maximum atomic E-state index is 13.6. The SMILES string of the molecule is CCCCC1(CCCC)c2cc(C#Cc3ccc(S(=O)(=O)CCCOc4ccc(OP(=S)(Oc5ccc(-c6cn(CCCOc7cc([N+](=O)[O-])c(COC(C)=O)cc7OC)nn6)cc5)N(C)/N=C/c5ccc(OC)cc5)cc4)cc3)ccc2-c2ccc(C#Cc3ccc(S(=O)(=O)C(F)(F)F)cc3)cc21. The number of carbonyl (C=O) groups excluding carboxylic acids is 1. The molecule has 1 unspecified atom stereocenters. The maximum absolute atomic E-state index is 13.6. The van der Waals surface area contributed by atoms with E-state index in [4.69, 9.17) is 44.5 Å². The lowest BCUT2D eigenvalue weighted by Crippen LogP contribution is -2.25. The molecule has 1 aromatic heterocycles. The molecule has 1 heterocycles. The number of sulfone groups is 2. The molecule has 540 valence electrons. The van der Waals surface area contributed by atoms with Gasteiger partial charge in [-0.15, -0.1) is 5.10 Å². The van der Waals surface area contributed by atoms with E-state index in [9.17, 15) is 44.9 Å². The van der Waals surface area contributed by atoms with Crippen molar-refractivity contribution in [2.24, 2.45) is 5.10 Å². The molecule has 0 amide bonds. The van der Waals surface area contributed by atoms with Crippen LogP contribution in [0.3, 0.4) is 0 Å². The van der Waals surface area contributed by atoms with Crippen LogP contribution in [0, 0.1) is 33.8 Å². The van der Waals surface area contributed by atoms with E-state index in [-0.39, 0.29) is 65.1 Å². The molecule has 0 aliphatic heterocycles. The number of alkyl halides is 3. The zero-order chi connectivity index (χ0) is 74.2. The summed E-state index contributed by atoms with van der Waals surface area (Å²) in [6.07, 6.45) is 9.70. The number of benzene rings is 8. The highest BCUT2D eigenvalue weighted by Crippen LogP contribution is 2.55. The Morgan fingerprint density at radius 3 is 1.74 bits per heavy atom. The zero-order valence-electron chi connectivity index (χ0n) is 57.7. The van der Waals surface area contributed by atoms with Crippen LogP contribution in [0.1, 0.15) is 117 Å². The van der Waals surface area contributed by atoms with Gasteiger partial charge in [0.2, 0.25) is 0 Å². The van der Waals surface area contributed by atoms with Gasteiger partial charge in [0.25, 0.3) is 15.5 Å². The molecule has 0 spiro atoms. The van der Waals surface area contributed by atoms with E-state index < -0.39 is 47.6 Å². The monoisotopic (exact) mass is 1490 g/mol. The van der Waals surface area contributed by atoms with Crippen LogP contribution in [0.5, 0.6) is 34.5 Å². The number of halogens is 3. The smallest absolute Gasteiger partial charge is 0.497 e. The number of aromatic nitrogens is 3. The Labute approximate surface area is 607 Å². The van der Waals surface area contributed by atoms with Crippen molar-refractivity contribution >= 4 is 56.0 Å². The molecule has 9 aromatic rings. The molecule has 0 N–H and O–H groups in total. The highest BCUT2D eigenvalue weighted by molar-refractivity contribution is 8.09. The minimum atomic E-state index is -5.49. The van der Waals surface area contributed by atoms with Gasteiger partial charge in [-0.1, -0.05) is 80.6 Å². The number of unbranched alkanes of at least 4 members (excludes halogenated alkanes) is 2. The van der Waals surface area contributed by atoms with E-state index in [0.717, 1.165) is 84.0 Å². The number of fused-ring (bicyclic) bond motifs is 3. The van der Waals surface area contributed by atoms with E-state index in [2.05, 4.69) is 77.2 Å². The lowest BCUT2D eigenvalue weighted by molar-refractivity contribution is -0.385. The molecule has 27 heteroatoms. The van der Waals surface area contributed by atoms with E-state index >= 15 is 0 Å². The molecule has 0 saturated carbocycles. The summed E-state index contributed by atoms with van der Waals surface area (Å²) in [6, 6.07) is 46.9. The topological polar surface area (TPSA) is 239 Å². The van der Waals surface area contributed by atoms with Crippen LogP contribution in [-0.2, 0) is 59.6 Å². The first-order valence-electron chi connectivity index (χ1n) is 33.2. The number of hydrazone groups is 1. The van der Waals surface area contributed by atoms with E-state index in [0.29, 0.717) is 58.3 Å². The Kier molecular flexibility index (Phi) is 24.7. The molecule has 0 fully saturated rings. The third-order valence-electron chi connectivity index (χ3n) is 17.1. The van der Waals surface area contributed by atoms with Gasteiger partial charge in [-0.3, -0.25) is 19.6 Å². The average molecular weight is 1490 g/mol. The fourth-order valence-electron chi connectivity index (χ4n) is 11.6. The fraction of sp³-hybridized carbons (Fsp3) is 0.273. The Balaban J connectivity index is 0.746. The summed E-state index contributed by atoms with van der Waals surface area (Å²) < 4.78 is 134. The molecular weight excluding hydrogens is 1420 g/mol. The molecule has 20 nitrogen and oxygen atoms in total. The zero-order valence-corrected chi connectivity index (χ0v) is 61.1. The average Bonchev–Trinajstić information content (AvgIpc) is 1.56. The van der Waals surface area contributed by atoms with Gasteiger partial charge in [0, 0.05) is 72.0 Å². The number of ether oxygens (including phenoxy) is 5. The summed E-state index contributed by atoms with van der Waals surface area (Å²) in [6.45, 7) is 2.40. The highest BCUT2D eigenvalue weighted by atomic mass is 32.5. The molecule has 8 aromatic carbocycles. The minimum absolute atomic E-state index is 0.101. The molecular formula is C77H74F3N6O14PS3. The molecule has 1 aliphatic carbocycles. The van der Waals surface area contributed by atoms with Gasteiger partial charge in [-0.2, -0.15) is 18.3 Å². The second kappa shape index (κ2) is 33.7. The van der Waals surface area contributed by atoms with E-state index in [1.807, 2.05) is 24.3 Å². The van der Waals surface area contributed by atoms with Crippen LogP contribution in [0.15, 0.2) is 191 Å². The molecule has 0 radical (unpaired) electrons. The normalized spacial score (nSPS) is 12.9. The van der Waals surface area contributed by atoms with E-state index in [1.165, 1.54) is 48.6 Å². The number of nitro groups is 1. The van der Waals surface area contributed by atoms with Crippen molar-refractivity contribution in [3.8, 4) is 80.6 Å². The van der Waals surface area contributed by atoms with Crippen molar-refractivity contribution in [1.82, 2.24) is 19.8 Å². The van der Waals surface area contributed by atoms with Crippen LogP contribution in [0.2, 0.25) is 0 Å². The Morgan fingerprint density at radius 1 is 0.673 bits per heavy atom. The van der Waals surface area contributed by atoms with Gasteiger partial charge < -0.3 is 32.7 Å². The minimum Gasteiger partial charge on any atom is -0.497 e. The summed E-state index contributed by atoms with van der Waals surface area (Å²) in [5.41, 5.74) is 3.24. The summed E-state index contributed by atoms with van der Waals surface area (Å²) in [4.78, 5) is 21.9. The number of aryl methyl sites for hydroxylation is 1. The lowest BCUT2D eigenvalue weighted by Gasteiger charge is -2.33. The second-order valence-corrected chi connectivity index (χ2v) is 31.5. The first kappa shape index (κ1) is 76.1. The van der Waals surface area contributed by atoms with Gasteiger partial charge in [0.05, 0.1) is 71.9 Å².